The van der Waals surface area contributed by atoms with Crippen LogP contribution in [-0.2, 0) is 22.7 Å². The minimum atomic E-state index is -4.41. The Kier molecular flexibility index (Phi) is 7.59. The zero-order valence-electron chi connectivity index (χ0n) is 19.8. The quantitative estimate of drug-likeness (QED) is 0.365. The fraction of sp³-hybridized carbons (Fsp3) is 0.345. The molecular formula is C29H29F3N2O. The highest BCUT2D eigenvalue weighted by molar-refractivity contribution is 5.69. The SMILES string of the molecule is CN1CCC(COCCc2cc(C#N)ccc2-c2cccc(C(F)(F)F)c2)(c2ccccc2)CC1. The zero-order valence-corrected chi connectivity index (χ0v) is 19.8. The number of likely N-dealkylation sites (tertiary alicyclic amines) is 1. The highest BCUT2D eigenvalue weighted by Crippen LogP contribution is 2.36. The van der Waals surface area contributed by atoms with Crippen LogP contribution in [0.2, 0.25) is 0 Å². The van der Waals surface area contributed by atoms with Gasteiger partial charge in [0, 0.05) is 5.41 Å². The summed E-state index contributed by atoms with van der Waals surface area (Å²) in [7, 11) is 2.13. The van der Waals surface area contributed by atoms with Crippen molar-refractivity contribution in [2.75, 3.05) is 33.4 Å². The first-order valence-corrected chi connectivity index (χ1v) is 11.8. The van der Waals surface area contributed by atoms with Crippen LogP contribution in [0, 0.1) is 11.3 Å². The maximum absolute atomic E-state index is 13.3. The lowest BCUT2D eigenvalue weighted by atomic mass is 9.73. The van der Waals surface area contributed by atoms with Crippen molar-refractivity contribution in [3.63, 3.8) is 0 Å². The van der Waals surface area contributed by atoms with E-state index in [2.05, 4.69) is 42.3 Å². The monoisotopic (exact) mass is 478 g/mol. The summed E-state index contributed by atoms with van der Waals surface area (Å²) in [4.78, 5) is 2.33. The third-order valence-corrected chi connectivity index (χ3v) is 6.96. The van der Waals surface area contributed by atoms with E-state index < -0.39 is 11.7 Å². The Bertz CT molecular complexity index is 1180. The molecule has 0 bridgehead atoms. The first-order valence-electron chi connectivity index (χ1n) is 11.8. The second-order valence-electron chi connectivity index (χ2n) is 9.31. The Morgan fingerprint density at radius 1 is 0.971 bits per heavy atom. The summed E-state index contributed by atoms with van der Waals surface area (Å²) in [5, 5.41) is 9.36. The maximum atomic E-state index is 13.3. The van der Waals surface area contributed by atoms with Crippen molar-refractivity contribution in [3.05, 3.63) is 95.1 Å². The average Bonchev–Trinajstić information content (AvgIpc) is 2.88. The van der Waals surface area contributed by atoms with Crippen LogP contribution >= 0.6 is 0 Å². The lowest BCUT2D eigenvalue weighted by Gasteiger charge is -2.41. The lowest BCUT2D eigenvalue weighted by molar-refractivity contribution is -0.137. The van der Waals surface area contributed by atoms with Gasteiger partial charge in [0.25, 0.3) is 0 Å². The van der Waals surface area contributed by atoms with E-state index in [1.807, 2.05) is 6.07 Å². The van der Waals surface area contributed by atoms with Crippen molar-refractivity contribution in [3.8, 4) is 17.2 Å². The van der Waals surface area contributed by atoms with Crippen LogP contribution in [0.1, 0.15) is 35.1 Å². The molecule has 1 fully saturated rings. The summed E-state index contributed by atoms with van der Waals surface area (Å²) in [6.07, 6.45) is -1.89. The van der Waals surface area contributed by atoms with Crippen molar-refractivity contribution < 1.29 is 17.9 Å². The molecule has 1 aliphatic rings. The largest absolute Gasteiger partial charge is 0.416 e. The van der Waals surface area contributed by atoms with Gasteiger partial charge in [-0.25, -0.2) is 0 Å². The van der Waals surface area contributed by atoms with Gasteiger partial charge in [-0.05, 0) is 85.9 Å². The number of hydrogen-bond acceptors (Lipinski definition) is 3. The smallest absolute Gasteiger partial charge is 0.380 e. The van der Waals surface area contributed by atoms with Gasteiger partial charge in [0.1, 0.15) is 0 Å². The number of rotatable bonds is 7. The van der Waals surface area contributed by atoms with Crippen molar-refractivity contribution >= 4 is 0 Å². The topological polar surface area (TPSA) is 36.3 Å². The molecule has 182 valence electrons. The molecule has 4 rings (SSSR count). The summed E-state index contributed by atoms with van der Waals surface area (Å²) in [5.74, 6) is 0. The highest BCUT2D eigenvalue weighted by atomic mass is 19.4. The molecule has 0 unspecified atom stereocenters. The van der Waals surface area contributed by atoms with Gasteiger partial charge in [-0.3, -0.25) is 0 Å². The molecule has 35 heavy (non-hydrogen) atoms. The summed E-state index contributed by atoms with van der Waals surface area (Å²) >= 11 is 0. The number of benzene rings is 3. The molecule has 0 spiro atoms. The van der Waals surface area contributed by atoms with Crippen LogP contribution in [0.25, 0.3) is 11.1 Å². The Labute approximate surface area is 204 Å². The van der Waals surface area contributed by atoms with E-state index in [0.717, 1.165) is 43.6 Å². The minimum absolute atomic E-state index is 0.0495. The van der Waals surface area contributed by atoms with Crippen molar-refractivity contribution in [2.45, 2.75) is 30.9 Å². The van der Waals surface area contributed by atoms with Crippen LogP contribution in [0.5, 0.6) is 0 Å². The Balaban J connectivity index is 1.51. The number of nitrogens with zero attached hydrogens (tertiary/aromatic N) is 2. The second-order valence-corrected chi connectivity index (χ2v) is 9.31. The van der Waals surface area contributed by atoms with Crippen LogP contribution in [0.4, 0.5) is 13.2 Å². The molecule has 3 nitrogen and oxygen atoms in total. The first-order chi connectivity index (χ1) is 16.8. The fourth-order valence-corrected chi connectivity index (χ4v) is 4.82. The number of alkyl halides is 3. The normalized spacial score (nSPS) is 16.1. The predicted molar refractivity (Wildman–Crippen MR) is 131 cm³/mol. The molecule has 0 amide bonds. The predicted octanol–water partition coefficient (Wildman–Crippen LogP) is 6.47. The maximum Gasteiger partial charge on any atom is 0.416 e. The van der Waals surface area contributed by atoms with Gasteiger partial charge in [0.05, 0.1) is 30.4 Å². The Morgan fingerprint density at radius 3 is 2.40 bits per heavy atom. The van der Waals surface area contributed by atoms with E-state index in [-0.39, 0.29) is 5.41 Å². The van der Waals surface area contributed by atoms with Crippen molar-refractivity contribution in [1.82, 2.24) is 4.90 Å². The summed E-state index contributed by atoms with van der Waals surface area (Å²) in [6, 6.07) is 23.0. The summed E-state index contributed by atoms with van der Waals surface area (Å²) < 4.78 is 46.0. The van der Waals surface area contributed by atoms with E-state index in [4.69, 9.17) is 4.74 Å². The molecule has 1 saturated heterocycles. The molecule has 0 radical (unpaired) electrons. The minimum Gasteiger partial charge on any atom is -0.380 e. The number of piperidine rings is 1. The van der Waals surface area contributed by atoms with E-state index >= 15 is 0 Å². The van der Waals surface area contributed by atoms with Gasteiger partial charge in [-0.2, -0.15) is 18.4 Å². The number of hydrogen-bond donors (Lipinski definition) is 0. The molecule has 6 heteroatoms. The van der Waals surface area contributed by atoms with Crippen molar-refractivity contribution in [1.29, 1.82) is 5.26 Å². The molecule has 3 aromatic carbocycles. The standard InChI is InChI=1S/C29H29F3N2O/c1-34-15-13-28(14-16-34,25-7-3-2-4-8-25)21-35-17-12-24-18-22(20-33)10-11-27(24)23-6-5-9-26(19-23)29(30,31)32/h2-11,18-19H,12-17,21H2,1H3. The van der Waals surface area contributed by atoms with Gasteiger partial charge < -0.3 is 9.64 Å². The van der Waals surface area contributed by atoms with Gasteiger partial charge >= 0.3 is 6.18 Å². The Hall–Kier alpha value is -3.14. The van der Waals surface area contributed by atoms with E-state index in [0.29, 0.717) is 36.3 Å². The van der Waals surface area contributed by atoms with Gasteiger partial charge in [0.15, 0.2) is 0 Å². The molecule has 0 N–H and O–H groups in total. The van der Waals surface area contributed by atoms with Crippen LogP contribution < -0.4 is 0 Å². The van der Waals surface area contributed by atoms with Crippen LogP contribution in [0.15, 0.2) is 72.8 Å². The van der Waals surface area contributed by atoms with E-state index in [1.54, 1.807) is 24.3 Å². The molecule has 1 heterocycles. The molecule has 0 saturated carbocycles. The van der Waals surface area contributed by atoms with Gasteiger partial charge in [-0.15, -0.1) is 0 Å². The molecular weight excluding hydrogens is 449 g/mol. The molecule has 0 atom stereocenters. The average molecular weight is 479 g/mol. The third-order valence-electron chi connectivity index (χ3n) is 6.96. The lowest BCUT2D eigenvalue weighted by Crippen LogP contribution is -2.44. The van der Waals surface area contributed by atoms with Crippen LogP contribution in [0.3, 0.4) is 0 Å². The highest BCUT2D eigenvalue weighted by Gasteiger charge is 2.35. The second kappa shape index (κ2) is 10.6. The molecule has 1 aliphatic heterocycles. The summed E-state index contributed by atoms with van der Waals surface area (Å²) in [6.45, 7) is 3.01. The van der Waals surface area contributed by atoms with Gasteiger partial charge in [-0.1, -0.05) is 48.5 Å². The van der Waals surface area contributed by atoms with E-state index in [1.165, 1.54) is 11.6 Å². The van der Waals surface area contributed by atoms with E-state index in [9.17, 15) is 18.4 Å². The molecule has 0 aliphatic carbocycles. The molecule has 0 aromatic heterocycles. The van der Waals surface area contributed by atoms with Gasteiger partial charge in [0.2, 0.25) is 0 Å². The number of ether oxygens (including phenoxy) is 1. The van der Waals surface area contributed by atoms with Crippen LogP contribution in [-0.4, -0.2) is 38.3 Å². The fourth-order valence-electron chi connectivity index (χ4n) is 4.82. The summed E-state index contributed by atoms with van der Waals surface area (Å²) in [5.41, 5.74) is 3.00. The number of halogens is 3. The Morgan fingerprint density at radius 2 is 1.71 bits per heavy atom. The molecule has 3 aromatic rings. The number of nitriles is 1. The third kappa shape index (κ3) is 5.93. The first kappa shape index (κ1) is 25.0. The zero-order chi connectivity index (χ0) is 24.9. The van der Waals surface area contributed by atoms with Crippen molar-refractivity contribution in [2.24, 2.45) is 0 Å².